The van der Waals surface area contributed by atoms with Crippen LogP contribution in [0.15, 0.2) is 0 Å². The summed E-state index contributed by atoms with van der Waals surface area (Å²) in [7, 11) is 0. The highest BCUT2D eigenvalue weighted by Gasteiger charge is 2.56. The van der Waals surface area contributed by atoms with E-state index in [0.717, 1.165) is 24.9 Å². The maximum Gasteiger partial charge on any atom is 0.0682 e. The molecule has 22 heavy (non-hydrogen) atoms. The minimum atomic E-state index is -0.0959. The molecule has 2 atom stereocenters. The van der Waals surface area contributed by atoms with Crippen LogP contribution in [0, 0.1) is 5.92 Å². The Labute approximate surface area is 135 Å². The number of rotatable bonds is 3. The number of aliphatic hydroxyl groups is 1. The first-order valence-corrected chi connectivity index (χ1v) is 9.47. The number of likely N-dealkylation sites (tertiary alicyclic amines) is 1. The molecule has 2 unspecified atom stereocenters. The zero-order chi connectivity index (χ0) is 15.3. The van der Waals surface area contributed by atoms with E-state index in [0.29, 0.717) is 11.6 Å². The highest BCUT2D eigenvalue weighted by atomic mass is 16.3. The van der Waals surface area contributed by atoms with Gasteiger partial charge in [0, 0.05) is 51.4 Å². The van der Waals surface area contributed by atoms with Crippen LogP contribution in [0.1, 0.15) is 46.0 Å². The summed E-state index contributed by atoms with van der Waals surface area (Å²) in [5.41, 5.74) is 0.345. The fourth-order valence-corrected chi connectivity index (χ4v) is 5.69. The first-order chi connectivity index (χ1) is 10.6. The van der Waals surface area contributed by atoms with Crippen LogP contribution in [0.5, 0.6) is 0 Å². The third-order valence-corrected chi connectivity index (χ3v) is 6.45. The van der Waals surface area contributed by atoms with Crippen molar-refractivity contribution in [3.8, 4) is 0 Å². The third kappa shape index (κ3) is 2.62. The first kappa shape index (κ1) is 15.4. The van der Waals surface area contributed by atoms with Crippen LogP contribution in [-0.2, 0) is 0 Å². The van der Waals surface area contributed by atoms with Crippen molar-refractivity contribution in [2.24, 2.45) is 5.92 Å². The van der Waals surface area contributed by atoms with Crippen molar-refractivity contribution in [2.45, 2.75) is 69.7 Å². The van der Waals surface area contributed by atoms with E-state index in [-0.39, 0.29) is 6.10 Å². The number of piperazine rings is 1. The van der Waals surface area contributed by atoms with E-state index in [1.54, 1.807) is 0 Å². The van der Waals surface area contributed by atoms with E-state index in [9.17, 15) is 5.11 Å². The van der Waals surface area contributed by atoms with Crippen molar-refractivity contribution in [3.05, 3.63) is 0 Å². The fourth-order valence-electron chi connectivity index (χ4n) is 5.69. The van der Waals surface area contributed by atoms with Gasteiger partial charge in [0.2, 0.25) is 0 Å². The van der Waals surface area contributed by atoms with Crippen LogP contribution in [0.25, 0.3) is 0 Å². The molecule has 126 valence electrons. The molecule has 4 rings (SSSR count). The van der Waals surface area contributed by atoms with Gasteiger partial charge in [0.05, 0.1) is 11.6 Å². The topological polar surface area (TPSA) is 30.0 Å². The average molecular weight is 307 g/mol. The molecule has 0 aromatic heterocycles. The molecule has 0 aromatic carbocycles. The van der Waals surface area contributed by atoms with Crippen LogP contribution in [-0.4, -0.2) is 82.8 Å². The Bertz CT molecular complexity index is 401. The summed E-state index contributed by atoms with van der Waals surface area (Å²) >= 11 is 0. The number of aliphatic hydroxyl groups excluding tert-OH is 1. The highest BCUT2D eigenvalue weighted by Crippen LogP contribution is 2.41. The maximum absolute atomic E-state index is 10.2. The summed E-state index contributed by atoms with van der Waals surface area (Å²) < 4.78 is 0. The molecule has 1 spiro atoms. The Balaban J connectivity index is 1.46. The fraction of sp³-hybridized carbons (Fsp3) is 1.00. The Morgan fingerprint density at radius 3 is 2.45 bits per heavy atom. The first-order valence-electron chi connectivity index (χ1n) is 9.47. The van der Waals surface area contributed by atoms with Gasteiger partial charge in [0.1, 0.15) is 0 Å². The summed E-state index contributed by atoms with van der Waals surface area (Å²) in [6.45, 7) is 11.7. The minimum Gasteiger partial charge on any atom is -0.392 e. The van der Waals surface area contributed by atoms with E-state index < -0.39 is 0 Å². The van der Waals surface area contributed by atoms with Gasteiger partial charge in [-0.15, -0.1) is 0 Å². The van der Waals surface area contributed by atoms with E-state index in [1.807, 2.05) is 0 Å². The Kier molecular flexibility index (Phi) is 4.00. The van der Waals surface area contributed by atoms with Crippen molar-refractivity contribution in [1.82, 2.24) is 14.7 Å². The van der Waals surface area contributed by atoms with Crippen molar-refractivity contribution < 1.29 is 5.11 Å². The smallest absolute Gasteiger partial charge is 0.0682 e. The maximum atomic E-state index is 10.2. The van der Waals surface area contributed by atoms with Gasteiger partial charge in [-0.3, -0.25) is 14.7 Å². The molecule has 0 bridgehead atoms. The van der Waals surface area contributed by atoms with Crippen LogP contribution in [0.3, 0.4) is 0 Å². The van der Waals surface area contributed by atoms with E-state index in [1.165, 1.54) is 58.4 Å². The molecule has 1 aliphatic carbocycles. The molecule has 1 N–H and O–H groups in total. The molecule has 3 saturated heterocycles. The standard InChI is InChI=1S/C18H33N3O/c1-14(2)8-19-9-16-7-17(22)10-21(16)18(11-19)12-20(13-18)15-5-3-4-6-15/h14-17,22H,3-13H2,1-2H3. The van der Waals surface area contributed by atoms with Gasteiger partial charge in [-0.05, 0) is 25.2 Å². The van der Waals surface area contributed by atoms with Crippen LogP contribution >= 0.6 is 0 Å². The molecule has 1 saturated carbocycles. The molecule has 0 aromatic rings. The number of hydrogen-bond donors (Lipinski definition) is 1. The second kappa shape index (κ2) is 5.73. The zero-order valence-corrected chi connectivity index (χ0v) is 14.4. The van der Waals surface area contributed by atoms with Crippen LogP contribution < -0.4 is 0 Å². The van der Waals surface area contributed by atoms with Gasteiger partial charge >= 0.3 is 0 Å². The summed E-state index contributed by atoms with van der Waals surface area (Å²) in [6, 6.07) is 1.45. The molecule has 0 amide bonds. The second-order valence-corrected chi connectivity index (χ2v) is 8.85. The minimum absolute atomic E-state index is 0.0959. The van der Waals surface area contributed by atoms with Crippen LogP contribution in [0.4, 0.5) is 0 Å². The lowest BCUT2D eigenvalue weighted by atomic mass is 9.82. The normalized spacial score (nSPS) is 37.1. The van der Waals surface area contributed by atoms with Gasteiger partial charge in [-0.2, -0.15) is 0 Å². The lowest BCUT2D eigenvalue weighted by molar-refractivity contribution is -0.127. The quantitative estimate of drug-likeness (QED) is 0.853. The van der Waals surface area contributed by atoms with Crippen molar-refractivity contribution >= 4 is 0 Å². The van der Waals surface area contributed by atoms with Gasteiger partial charge in [-0.1, -0.05) is 26.7 Å². The molecule has 4 heteroatoms. The number of nitrogens with zero attached hydrogens (tertiary/aromatic N) is 3. The summed E-state index contributed by atoms with van der Waals surface area (Å²) in [5, 5.41) is 10.2. The summed E-state index contributed by atoms with van der Waals surface area (Å²) in [6.07, 6.45) is 6.58. The molecule has 3 aliphatic heterocycles. The molecule has 0 radical (unpaired) electrons. The van der Waals surface area contributed by atoms with Crippen molar-refractivity contribution in [3.63, 3.8) is 0 Å². The molecule has 3 heterocycles. The van der Waals surface area contributed by atoms with Gasteiger partial charge < -0.3 is 5.11 Å². The summed E-state index contributed by atoms with van der Waals surface area (Å²) in [5.74, 6) is 0.737. The Morgan fingerprint density at radius 2 is 1.77 bits per heavy atom. The summed E-state index contributed by atoms with van der Waals surface area (Å²) in [4.78, 5) is 8.13. The Morgan fingerprint density at radius 1 is 1.05 bits per heavy atom. The third-order valence-electron chi connectivity index (χ3n) is 6.45. The largest absolute Gasteiger partial charge is 0.392 e. The second-order valence-electron chi connectivity index (χ2n) is 8.85. The lowest BCUT2D eigenvalue weighted by Gasteiger charge is -2.62. The van der Waals surface area contributed by atoms with Crippen molar-refractivity contribution in [2.75, 3.05) is 39.3 Å². The van der Waals surface area contributed by atoms with E-state index in [2.05, 4.69) is 28.5 Å². The molecule has 4 fully saturated rings. The number of hydrogen-bond acceptors (Lipinski definition) is 4. The van der Waals surface area contributed by atoms with E-state index in [4.69, 9.17) is 0 Å². The van der Waals surface area contributed by atoms with Gasteiger partial charge in [0.25, 0.3) is 0 Å². The Hall–Kier alpha value is -0.160. The van der Waals surface area contributed by atoms with Crippen LogP contribution in [0.2, 0.25) is 0 Å². The van der Waals surface area contributed by atoms with Gasteiger partial charge in [0.15, 0.2) is 0 Å². The molecular weight excluding hydrogens is 274 g/mol. The number of β-amino-alcohol motifs (C(OH)–C–C–N with tert-alkyl or cyclic N) is 1. The van der Waals surface area contributed by atoms with Crippen molar-refractivity contribution in [1.29, 1.82) is 0 Å². The monoisotopic (exact) mass is 307 g/mol. The lowest BCUT2D eigenvalue weighted by Crippen LogP contribution is -2.79. The molecule has 4 nitrogen and oxygen atoms in total. The molecular formula is C18H33N3O. The average Bonchev–Trinajstić information content (AvgIpc) is 3.02. The molecule has 4 aliphatic rings. The number of fused-ring (bicyclic) bond motifs is 2. The zero-order valence-electron chi connectivity index (χ0n) is 14.4. The predicted molar refractivity (Wildman–Crippen MR) is 89.0 cm³/mol. The highest BCUT2D eigenvalue weighted by molar-refractivity contribution is 5.14. The van der Waals surface area contributed by atoms with Gasteiger partial charge in [-0.25, -0.2) is 0 Å². The SMILES string of the molecule is CC(C)CN1CC2CC(O)CN2C2(C1)CN(C1CCCC1)C2. The predicted octanol–water partition coefficient (Wildman–Crippen LogP) is 1.39. The van der Waals surface area contributed by atoms with E-state index >= 15 is 0 Å².